The van der Waals surface area contributed by atoms with Gasteiger partial charge in [0.05, 0.1) is 37.2 Å². The van der Waals surface area contributed by atoms with Gasteiger partial charge in [0.1, 0.15) is 67.2 Å². The lowest BCUT2D eigenvalue weighted by atomic mass is 9.99. The van der Waals surface area contributed by atoms with E-state index in [0.717, 1.165) is 16.2 Å². The van der Waals surface area contributed by atoms with E-state index in [1.54, 1.807) is 64.6 Å². The highest BCUT2D eigenvalue weighted by atomic mass is 19.4. The number of nitrogens with zero attached hydrogens (tertiary/aromatic N) is 8. The summed E-state index contributed by atoms with van der Waals surface area (Å²) in [5.41, 5.74) is 4.01. The summed E-state index contributed by atoms with van der Waals surface area (Å²) in [6, 6.07) is 25.0. The van der Waals surface area contributed by atoms with Gasteiger partial charge < -0.3 is 52.1 Å². The molecule has 29 heteroatoms. The molecular weight excluding hydrogens is 1130 g/mol. The Morgan fingerprint density at radius 3 is 1.27 bits per heavy atom. The Balaban J connectivity index is 0.000000243. The monoisotopic (exact) mass is 1190 g/mol. The first-order valence-corrected chi connectivity index (χ1v) is 25.7. The van der Waals surface area contributed by atoms with Crippen molar-refractivity contribution in [3.8, 4) is 45.6 Å². The molecule has 0 aliphatic carbocycles. The molecule has 456 valence electrons. The zero-order chi connectivity index (χ0) is 60.9. The van der Waals surface area contributed by atoms with Gasteiger partial charge in [-0.25, -0.2) is 29.2 Å². The smallest absolute Gasteiger partial charge is 0.469 e. The van der Waals surface area contributed by atoms with Crippen LogP contribution in [0.15, 0.2) is 110 Å². The summed E-state index contributed by atoms with van der Waals surface area (Å²) < 4.78 is 135. The third kappa shape index (κ3) is 17.0. The van der Waals surface area contributed by atoms with E-state index in [0.29, 0.717) is 40.7 Å². The fourth-order valence-electron chi connectivity index (χ4n) is 9.19. The molecular formula is C55H64F6N8O15. The van der Waals surface area contributed by atoms with Crippen molar-refractivity contribution in [2.24, 2.45) is 0 Å². The van der Waals surface area contributed by atoms with Crippen LogP contribution in [-0.2, 0) is 75.0 Å². The number of amides is 1. The van der Waals surface area contributed by atoms with Crippen molar-refractivity contribution in [1.29, 1.82) is 0 Å². The van der Waals surface area contributed by atoms with Crippen molar-refractivity contribution in [3.05, 3.63) is 121 Å². The minimum atomic E-state index is -4.79. The number of hydrogen-bond donors (Lipinski definition) is 0. The van der Waals surface area contributed by atoms with Crippen LogP contribution in [-0.4, -0.2) is 182 Å². The standard InChI is InChI=1S/C29H33F3N4O9.C26H31F3N4O6/c1-17-24(40-3)25(41-4)26(42-5)28(43-17)45-36(22(37)14-23(38)39-2)15-18-6-8-19(9-7-18)27-33-16-35(34-27)20-10-12-21(13-11-20)44-29(30,31)32;1-16-21(34-3)22(35-4)23(36-5)25(37-16)39-32(2)14-17-6-8-18(9-7-17)24-30-15-33(31-24)19-10-12-20(13-11-19)38-26(27,28)29/h6-13,16-17,24-26,28H,14-15H2,1-5H3;6-13,15-16,21-23,25H,14H2,1-5H3/t17-,24-,25+,26+,28-;16-,21-,22+,23+,25-/m00/s1. The summed E-state index contributed by atoms with van der Waals surface area (Å²) in [7, 11) is 12.2. The van der Waals surface area contributed by atoms with Crippen molar-refractivity contribution >= 4 is 11.9 Å². The third-order valence-corrected chi connectivity index (χ3v) is 13.2. The quantitative estimate of drug-likeness (QED) is 0.0279. The maximum absolute atomic E-state index is 13.1. The number of aromatic nitrogens is 6. The van der Waals surface area contributed by atoms with Crippen LogP contribution < -0.4 is 9.47 Å². The van der Waals surface area contributed by atoms with Crippen LogP contribution >= 0.6 is 0 Å². The fourth-order valence-corrected chi connectivity index (χ4v) is 9.19. The number of hydrogen-bond acceptors (Lipinski definition) is 20. The van der Waals surface area contributed by atoms with Crippen LogP contribution in [0.3, 0.4) is 0 Å². The zero-order valence-electron chi connectivity index (χ0n) is 47.3. The van der Waals surface area contributed by atoms with E-state index in [1.165, 1.54) is 99.0 Å². The summed E-state index contributed by atoms with van der Waals surface area (Å²) >= 11 is 0. The molecule has 0 bridgehead atoms. The summed E-state index contributed by atoms with van der Waals surface area (Å²) in [5, 5.41) is 11.5. The molecule has 84 heavy (non-hydrogen) atoms. The van der Waals surface area contributed by atoms with E-state index in [9.17, 15) is 35.9 Å². The molecule has 0 spiro atoms. The topological polar surface area (TPSA) is 222 Å². The first-order valence-electron chi connectivity index (χ1n) is 25.7. The number of alkyl halides is 6. The Kier molecular flexibility index (Phi) is 22.3. The van der Waals surface area contributed by atoms with Crippen LogP contribution in [0.4, 0.5) is 26.3 Å². The Labute approximate surface area is 478 Å². The second-order valence-electron chi connectivity index (χ2n) is 18.8. The van der Waals surface area contributed by atoms with Crippen molar-refractivity contribution in [3.63, 3.8) is 0 Å². The minimum Gasteiger partial charge on any atom is -0.469 e. The van der Waals surface area contributed by atoms with Crippen molar-refractivity contribution in [2.75, 3.05) is 56.8 Å². The second kappa shape index (κ2) is 29.1. The number of carbonyl (C=O) groups excluding carboxylic acids is 2. The number of halogens is 6. The Bertz CT molecular complexity index is 3010. The lowest BCUT2D eigenvalue weighted by Gasteiger charge is -2.44. The van der Waals surface area contributed by atoms with Crippen molar-refractivity contribution < 1.29 is 97.7 Å². The van der Waals surface area contributed by atoms with Gasteiger partial charge in [0.15, 0.2) is 11.6 Å². The molecule has 0 N–H and O–H groups in total. The highest BCUT2D eigenvalue weighted by Gasteiger charge is 2.48. The Hall–Kier alpha value is -7.16. The van der Waals surface area contributed by atoms with Crippen LogP contribution in [0.5, 0.6) is 11.5 Å². The summed E-state index contributed by atoms with van der Waals surface area (Å²) in [5.74, 6) is -1.28. The zero-order valence-corrected chi connectivity index (χ0v) is 47.3. The lowest BCUT2D eigenvalue weighted by Crippen LogP contribution is -2.60. The maximum Gasteiger partial charge on any atom is 0.573 e. The number of carbonyl (C=O) groups is 2. The third-order valence-electron chi connectivity index (χ3n) is 13.2. The number of hydroxylamine groups is 4. The molecule has 2 aliphatic heterocycles. The van der Waals surface area contributed by atoms with E-state index < -0.39 is 74.1 Å². The van der Waals surface area contributed by atoms with Crippen LogP contribution in [0.1, 0.15) is 31.4 Å². The summed E-state index contributed by atoms with van der Waals surface area (Å²) in [6.45, 7) is 4.06. The molecule has 2 aliphatic rings. The van der Waals surface area contributed by atoms with E-state index in [-0.39, 0.29) is 36.4 Å². The molecule has 4 aromatic carbocycles. The van der Waals surface area contributed by atoms with Gasteiger partial charge in [-0.3, -0.25) is 14.4 Å². The molecule has 23 nitrogen and oxygen atoms in total. The molecule has 4 heterocycles. The van der Waals surface area contributed by atoms with E-state index >= 15 is 0 Å². The first kappa shape index (κ1) is 64.4. The maximum atomic E-state index is 13.1. The molecule has 0 unspecified atom stereocenters. The number of esters is 1. The van der Waals surface area contributed by atoms with Gasteiger partial charge in [0.25, 0.3) is 5.91 Å². The predicted octanol–water partition coefficient (Wildman–Crippen LogP) is 7.43. The minimum absolute atomic E-state index is 0.0691. The summed E-state index contributed by atoms with van der Waals surface area (Å²) in [6.07, 6.45) is -12.7. The Morgan fingerprint density at radius 1 is 0.524 bits per heavy atom. The average molecular weight is 1190 g/mol. The highest BCUT2D eigenvalue weighted by molar-refractivity contribution is 5.93. The Morgan fingerprint density at radius 2 is 0.905 bits per heavy atom. The SMILES string of the molecule is COC(=O)CC(=O)N(Cc1ccc(-c2ncn(-c3ccc(OC(F)(F)F)cc3)n2)cc1)O[C@@H]1O[C@@H](C)[C@H](OC)[C@@H](OC)[C@H]1OC.CO[C@@H]1[C@@H](OC)[C@H](C)O[C@@H](ON(C)Cc2ccc(-c3ncn(-c4ccc(OC(F)(F)F)cc4)n3)cc2)[C@@H]1OC. The van der Waals surface area contributed by atoms with E-state index in [2.05, 4.69) is 34.4 Å². The lowest BCUT2D eigenvalue weighted by molar-refractivity contribution is -0.361. The molecule has 2 aromatic heterocycles. The van der Waals surface area contributed by atoms with Gasteiger partial charge in [0.2, 0.25) is 12.6 Å². The van der Waals surface area contributed by atoms with Gasteiger partial charge >= 0.3 is 18.7 Å². The molecule has 0 saturated carbocycles. The largest absolute Gasteiger partial charge is 0.573 e. The van der Waals surface area contributed by atoms with Crippen LogP contribution in [0.2, 0.25) is 0 Å². The molecule has 1 amide bonds. The highest BCUT2D eigenvalue weighted by Crippen LogP contribution is 2.32. The predicted molar refractivity (Wildman–Crippen MR) is 281 cm³/mol. The second-order valence-corrected chi connectivity index (χ2v) is 18.8. The fraction of sp³-hybridized carbons (Fsp3) is 0.455. The molecule has 8 rings (SSSR count). The number of benzene rings is 4. The van der Waals surface area contributed by atoms with Crippen LogP contribution in [0.25, 0.3) is 34.2 Å². The van der Waals surface area contributed by atoms with Gasteiger partial charge in [-0.05, 0) is 73.5 Å². The number of rotatable bonds is 22. The summed E-state index contributed by atoms with van der Waals surface area (Å²) in [4.78, 5) is 45.7. The van der Waals surface area contributed by atoms with Gasteiger partial charge in [-0.2, -0.15) is 5.06 Å². The van der Waals surface area contributed by atoms with Crippen LogP contribution in [0, 0.1) is 0 Å². The number of ether oxygens (including phenoxy) is 11. The van der Waals surface area contributed by atoms with Gasteiger partial charge in [0, 0.05) is 67.4 Å². The van der Waals surface area contributed by atoms with E-state index in [4.69, 9.17) is 47.6 Å². The molecule has 2 saturated heterocycles. The molecule has 10 atom stereocenters. The molecule has 6 aromatic rings. The van der Waals surface area contributed by atoms with Crippen molar-refractivity contribution in [2.45, 2.75) is 107 Å². The first-order chi connectivity index (χ1) is 40.1. The average Bonchev–Trinajstić information content (AvgIpc) is 4.27. The van der Waals surface area contributed by atoms with Gasteiger partial charge in [-0.15, -0.1) is 36.5 Å². The van der Waals surface area contributed by atoms with E-state index in [1.807, 2.05) is 31.2 Å². The number of methoxy groups -OCH3 is 7. The van der Waals surface area contributed by atoms with Crippen molar-refractivity contribution in [1.82, 2.24) is 39.7 Å². The van der Waals surface area contributed by atoms with Gasteiger partial charge in [-0.1, -0.05) is 48.5 Å². The molecule has 0 radical (unpaired) electrons. The normalized spacial score (nSPS) is 22.7. The molecule has 2 fully saturated rings.